The number of hydrogen-bond acceptors (Lipinski definition) is 8. The highest BCUT2D eigenvalue weighted by Gasteiger charge is 2.42. The molecule has 3 aliphatic rings. The van der Waals surface area contributed by atoms with Crippen molar-refractivity contribution < 1.29 is 13.2 Å². The van der Waals surface area contributed by atoms with E-state index in [0.29, 0.717) is 12.1 Å². The molecule has 3 heterocycles. The van der Waals surface area contributed by atoms with Gasteiger partial charge in [0.15, 0.2) is 15.0 Å². The van der Waals surface area contributed by atoms with E-state index < -0.39 is 9.84 Å². The number of sulfone groups is 1. The average Bonchev–Trinajstić information content (AvgIpc) is 3.19. The van der Waals surface area contributed by atoms with Crippen LogP contribution in [0, 0.1) is 0 Å². The monoisotopic (exact) mass is 451 g/mol. The molecular formula is C20H29N5O3S2. The summed E-state index contributed by atoms with van der Waals surface area (Å²) in [5, 5.41) is 7.00. The van der Waals surface area contributed by atoms with Crippen LogP contribution in [0.1, 0.15) is 16.8 Å². The van der Waals surface area contributed by atoms with Gasteiger partial charge in [0.2, 0.25) is 0 Å². The van der Waals surface area contributed by atoms with Gasteiger partial charge >= 0.3 is 0 Å². The normalized spacial score (nSPS) is 26.2. The lowest BCUT2D eigenvalue weighted by atomic mass is 10.2. The number of aliphatic imine (C=N–C) groups is 1. The number of rotatable bonds is 6. The number of anilines is 1. The van der Waals surface area contributed by atoms with Crippen molar-refractivity contribution in [1.29, 1.82) is 0 Å². The third-order valence-electron chi connectivity index (χ3n) is 5.75. The molecule has 2 fully saturated rings. The van der Waals surface area contributed by atoms with E-state index >= 15 is 0 Å². The lowest BCUT2D eigenvalue weighted by Crippen LogP contribution is -2.45. The van der Waals surface area contributed by atoms with Crippen molar-refractivity contribution in [3.8, 4) is 0 Å². The van der Waals surface area contributed by atoms with E-state index in [2.05, 4.69) is 32.5 Å². The lowest BCUT2D eigenvalue weighted by Gasteiger charge is -2.32. The van der Waals surface area contributed by atoms with Crippen molar-refractivity contribution in [2.45, 2.75) is 17.7 Å². The lowest BCUT2D eigenvalue weighted by molar-refractivity contribution is 0.0949. The van der Waals surface area contributed by atoms with Crippen molar-refractivity contribution in [2.24, 2.45) is 4.99 Å². The Balaban J connectivity index is 1.19. The zero-order valence-electron chi connectivity index (χ0n) is 17.2. The first-order valence-electron chi connectivity index (χ1n) is 10.4. The molecule has 2 saturated heterocycles. The molecule has 2 unspecified atom stereocenters. The van der Waals surface area contributed by atoms with Crippen LogP contribution < -0.4 is 10.6 Å². The number of thioether (sulfide) groups is 1. The van der Waals surface area contributed by atoms with E-state index in [-0.39, 0.29) is 28.7 Å². The third kappa shape index (κ3) is 5.54. The van der Waals surface area contributed by atoms with Crippen LogP contribution in [0.3, 0.4) is 0 Å². The summed E-state index contributed by atoms with van der Waals surface area (Å²) in [6.45, 7) is 6.10. The molecule has 8 nitrogen and oxygen atoms in total. The van der Waals surface area contributed by atoms with Gasteiger partial charge in [-0.3, -0.25) is 9.79 Å². The fourth-order valence-electron chi connectivity index (χ4n) is 3.92. The molecule has 164 valence electrons. The van der Waals surface area contributed by atoms with Crippen LogP contribution in [-0.2, 0) is 9.84 Å². The van der Waals surface area contributed by atoms with Crippen molar-refractivity contribution in [3.05, 3.63) is 29.8 Å². The number of piperazine rings is 1. The average molecular weight is 452 g/mol. The first kappa shape index (κ1) is 21.6. The highest BCUT2D eigenvalue weighted by Crippen LogP contribution is 2.34. The molecule has 1 amide bonds. The second kappa shape index (κ2) is 9.25. The summed E-state index contributed by atoms with van der Waals surface area (Å²) >= 11 is 1.49. The van der Waals surface area contributed by atoms with Gasteiger partial charge in [0, 0.05) is 49.2 Å². The van der Waals surface area contributed by atoms with Gasteiger partial charge in [-0.25, -0.2) is 8.42 Å². The highest BCUT2D eigenvalue weighted by molar-refractivity contribution is 8.15. The summed E-state index contributed by atoms with van der Waals surface area (Å²) in [6, 6.07) is 7.16. The fourth-order valence-corrected chi connectivity index (χ4v) is 7.60. The predicted molar refractivity (Wildman–Crippen MR) is 122 cm³/mol. The standard InChI is InChI=1S/C20H29N5O3S2/c1-24-9-11-25(12-10-24)8-2-7-21-19(26)15-3-5-16(6-4-15)22-20-23-17-13-30(27,28)14-18(17)29-20/h3-6,17-18H,2,7-14H2,1H3,(H,21,26)(H,22,23). The summed E-state index contributed by atoms with van der Waals surface area (Å²) in [5.74, 6) is 0.279. The summed E-state index contributed by atoms with van der Waals surface area (Å²) in [6.07, 6.45) is 0.949. The van der Waals surface area contributed by atoms with E-state index in [1.807, 2.05) is 12.1 Å². The van der Waals surface area contributed by atoms with Gasteiger partial charge in [0.25, 0.3) is 5.91 Å². The molecule has 0 aliphatic carbocycles. The van der Waals surface area contributed by atoms with Crippen molar-refractivity contribution in [1.82, 2.24) is 15.1 Å². The molecule has 0 saturated carbocycles. The molecule has 1 aromatic rings. The molecule has 0 spiro atoms. The molecule has 0 aromatic heterocycles. The Bertz CT molecular complexity index is 896. The van der Waals surface area contributed by atoms with Gasteiger partial charge in [-0.15, -0.1) is 0 Å². The number of hydrogen-bond donors (Lipinski definition) is 2. The molecule has 0 bridgehead atoms. The van der Waals surface area contributed by atoms with Crippen LogP contribution in [0.5, 0.6) is 0 Å². The first-order chi connectivity index (χ1) is 14.4. The first-order valence-corrected chi connectivity index (χ1v) is 13.1. The van der Waals surface area contributed by atoms with Gasteiger partial charge in [0.05, 0.1) is 17.5 Å². The molecule has 2 N–H and O–H groups in total. The molecule has 2 atom stereocenters. The molecule has 10 heteroatoms. The SMILES string of the molecule is CN1CCN(CCCNC(=O)c2ccc(NC3=NC4CS(=O)(=O)CC4S3)cc2)CC1. The van der Waals surface area contributed by atoms with Crippen LogP contribution in [-0.4, -0.2) is 98.4 Å². The van der Waals surface area contributed by atoms with E-state index in [1.165, 1.54) is 11.8 Å². The number of benzene rings is 1. The Hall–Kier alpha value is -1.62. The number of carbonyl (C=O) groups is 1. The van der Waals surface area contributed by atoms with E-state index in [1.54, 1.807) is 12.1 Å². The van der Waals surface area contributed by atoms with Crippen molar-refractivity contribution in [2.75, 3.05) is 63.1 Å². The van der Waals surface area contributed by atoms with Crippen molar-refractivity contribution in [3.63, 3.8) is 0 Å². The van der Waals surface area contributed by atoms with Crippen LogP contribution in [0.25, 0.3) is 0 Å². The van der Waals surface area contributed by atoms with Gasteiger partial charge < -0.3 is 20.4 Å². The second-order valence-corrected chi connectivity index (χ2v) is 11.6. The number of likely N-dealkylation sites (N-methyl/N-ethyl adjacent to an activating group) is 1. The van der Waals surface area contributed by atoms with E-state index in [0.717, 1.165) is 50.0 Å². The smallest absolute Gasteiger partial charge is 0.251 e. The molecular weight excluding hydrogens is 422 g/mol. The largest absolute Gasteiger partial charge is 0.352 e. The maximum atomic E-state index is 12.4. The molecule has 3 aliphatic heterocycles. The number of nitrogens with zero attached hydrogens (tertiary/aromatic N) is 3. The van der Waals surface area contributed by atoms with Crippen LogP contribution >= 0.6 is 11.8 Å². The molecule has 0 radical (unpaired) electrons. The van der Waals surface area contributed by atoms with Crippen LogP contribution in [0.2, 0.25) is 0 Å². The second-order valence-electron chi connectivity index (χ2n) is 8.19. The van der Waals surface area contributed by atoms with Crippen LogP contribution in [0.15, 0.2) is 29.3 Å². The minimum absolute atomic E-state index is 0.0217. The minimum atomic E-state index is -2.94. The summed E-state index contributed by atoms with van der Waals surface area (Å²) in [7, 11) is -0.791. The summed E-state index contributed by atoms with van der Waals surface area (Å²) in [5.41, 5.74) is 1.47. The highest BCUT2D eigenvalue weighted by atomic mass is 32.2. The maximum absolute atomic E-state index is 12.4. The fraction of sp³-hybridized carbons (Fsp3) is 0.600. The Morgan fingerprint density at radius 2 is 1.90 bits per heavy atom. The summed E-state index contributed by atoms with van der Waals surface area (Å²) in [4.78, 5) is 21.6. The molecule has 1 aromatic carbocycles. The van der Waals surface area contributed by atoms with E-state index in [9.17, 15) is 13.2 Å². The van der Waals surface area contributed by atoms with Crippen LogP contribution in [0.4, 0.5) is 5.69 Å². The minimum Gasteiger partial charge on any atom is -0.352 e. The zero-order valence-corrected chi connectivity index (χ0v) is 18.8. The quantitative estimate of drug-likeness (QED) is 0.616. The molecule has 30 heavy (non-hydrogen) atoms. The Kier molecular flexibility index (Phi) is 6.66. The number of carbonyl (C=O) groups excluding carboxylic acids is 1. The van der Waals surface area contributed by atoms with Gasteiger partial charge in [-0.05, 0) is 44.3 Å². The Morgan fingerprint density at radius 3 is 2.60 bits per heavy atom. The third-order valence-corrected chi connectivity index (χ3v) is 8.89. The number of fused-ring (bicyclic) bond motifs is 1. The Labute approximate surface area is 182 Å². The van der Waals surface area contributed by atoms with E-state index in [4.69, 9.17) is 0 Å². The number of amides is 1. The van der Waals surface area contributed by atoms with Gasteiger partial charge in [-0.2, -0.15) is 0 Å². The Morgan fingerprint density at radius 1 is 1.17 bits per heavy atom. The number of amidine groups is 1. The van der Waals surface area contributed by atoms with Gasteiger partial charge in [-0.1, -0.05) is 11.8 Å². The number of nitrogens with one attached hydrogen (secondary N) is 2. The molecule has 4 rings (SSSR count). The maximum Gasteiger partial charge on any atom is 0.251 e. The zero-order chi connectivity index (χ0) is 21.1. The topological polar surface area (TPSA) is 94.1 Å². The van der Waals surface area contributed by atoms with Crippen molar-refractivity contribution >= 4 is 38.4 Å². The predicted octanol–water partition coefficient (Wildman–Crippen LogP) is 0.734. The summed E-state index contributed by atoms with van der Waals surface area (Å²) < 4.78 is 23.3. The van der Waals surface area contributed by atoms with Gasteiger partial charge in [0.1, 0.15) is 0 Å².